The Balaban J connectivity index is 2.94. The van der Waals surface area contributed by atoms with Gasteiger partial charge in [0.15, 0.2) is 0 Å². The SMILES string of the molecule is CC(=O)OCC(C)c1ccc(C)cc1OC(=O)C(C)C. The van der Waals surface area contributed by atoms with Gasteiger partial charge in [0.05, 0.1) is 12.5 Å². The first-order valence-electron chi connectivity index (χ1n) is 6.76. The third-order valence-corrected chi connectivity index (χ3v) is 2.92. The summed E-state index contributed by atoms with van der Waals surface area (Å²) in [6.45, 7) is 9.10. The van der Waals surface area contributed by atoms with Crippen LogP contribution in [0.25, 0.3) is 0 Å². The van der Waals surface area contributed by atoms with Crippen molar-refractivity contribution in [1.29, 1.82) is 0 Å². The zero-order chi connectivity index (χ0) is 15.3. The molecule has 1 aromatic rings. The lowest BCUT2D eigenvalue weighted by atomic mass is 9.99. The Morgan fingerprint density at radius 3 is 2.40 bits per heavy atom. The van der Waals surface area contributed by atoms with Gasteiger partial charge in [-0.3, -0.25) is 9.59 Å². The summed E-state index contributed by atoms with van der Waals surface area (Å²) < 4.78 is 10.5. The predicted octanol–water partition coefficient (Wildman–Crippen LogP) is 3.22. The molecule has 1 unspecified atom stereocenters. The molecule has 0 aromatic heterocycles. The third-order valence-electron chi connectivity index (χ3n) is 2.92. The van der Waals surface area contributed by atoms with Crippen molar-refractivity contribution in [3.8, 4) is 5.75 Å². The highest BCUT2D eigenvalue weighted by Gasteiger charge is 2.17. The molecule has 20 heavy (non-hydrogen) atoms. The van der Waals surface area contributed by atoms with E-state index in [1.54, 1.807) is 13.8 Å². The Morgan fingerprint density at radius 1 is 1.20 bits per heavy atom. The molecule has 0 spiro atoms. The smallest absolute Gasteiger partial charge is 0.313 e. The van der Waals surface area contributed by atoms with Crippen LogP contribution in [0.4, 0.5) is 0 Å². The Kier molecular flexibility index (Phi) is 5.74. The van der Waals surface area contributed by atoms with Crippen molar-refractivity contribution >= 4 is 11.9 Å². The lowest BCUT2D eigenvalue weighted by Gasteiger charge is -2.17. The van der Waals surface area contributed by atoms with Gasteiger partial charge >= 0.3 is 11.9 Å². The number of carbonyl (C=O) groups excluding carboxylic acids is 2. The summed E-state index contributed by atoms with van der Waals surface area (Å²) in [5.41, 5.74) is 1.88. The first-order valence-corrected chi connectivity index (χ1v) is 6.76. The van der Waals surface area contributed by atoms with Gasteiger partial charge in [-0.25, -0.2) is 0 Å². The molecule has 0 fully saturated rings. The second-order valence-electron chi connectivity index (χ2n) is 5.32. The van der Waals surface area contributed by atoms with Crippen molar-refractivity contribution in [1.82, 2.24) is 0 Å². The quantitative estimate of drug-likeness (QED) is 0.613. The molecule has 0 amide bonds. The molecule has 0 heterocycles. The van der Waals surface area contributed by atoms with Gasteiger partial charge in [-0.15, -0.1) is 0 Å². The molecule has 0 bridgehead atoms. The van der Waals surface area contributed by atoms with Crippen LogP contribution in [-0.2, 0) is 14.3 Å². The normalized spacial score (nSPS) is 12.1. The van der Waals surface area contributed by atoms with E-state index in [4.69, 9.17) is 9.47 Å². The van der Waals surface area contributed by atoms with Gasteiger partial charge in [0.1, 0.15) is 5.75 Å². The van der Waals surface area contributed by atoms with Crippen molar-refractivity contribution < 1.29 is 19.1 Å². The molecule has 0 saturated carbocycles. The topological polar surface area (TPSA) is 52.6 Å². The van der Waals surface area contributed by atoms with Crippen LogP contribution in [0.5, 0.6) is 5.75 Å². The van der Waals surface area contributed by atoms with Crippen LogP contribution in [0, 0.1) is 12.8 Å². The Morgan fingerprint density at radius 2 is 1.85 bits per heavy atom. The maximum Gasteiger partial charge on any atom is 0.313 e. The van der Waals surface area contributed by atoms with Crippen LogP contribution >= 0.6 is 0 Å². The van der Waals surface area contributed by atoms with Gasteiger partial charge in [0.25, 0.3) is 0 Å². The standard InChI is InChI=1S/C16H22O4/c1-10(2)16(18)20-15-8-11(3)6-7-14(15)12(4)9-19-13(5)17/h6-8,10,12H,9H2,1-5H3. The molecule has 4 nitrogen and oxygen atoms in total. The van der Waals surface area contributed by atoms with Crippen LogP contribution in [0.1, 0.15) is 44.7 Å². The minimum atomic E-state index is -0.315. The number of rotatable bonds is 5. The van der Waals surface area contributed by atoms with Gasteiger partial charge in [0, 0.05) is 18.4 Å². The molecule has 0 N–H and O–H groups in total. The average molecular weight is 278 g/mol. The van der Waals surface area contributed by atoms with Crippen molar-refractivity contribution in [3.05, 3.63) is 29.3 Å². The van der Waals surface area contributed by atoms with E-state index in [1.807, 2.05) is 32.0 Å². The van der Waals surface area contributed by atoms with Gasteiger partial charge in [-0.1, -0.05) is 32.9 Å². The fraction of sp³-hybridized carbons (Fsp3) is 0.500. The molecule has 0 radical (unpaired) electrons. The molecule has 0 saturated heterocycles. The summed E-state index contributed by atoms with van der Waals surface area (Å²) in [5.74, 6) is -0.258. The summed E-state index contributed by atoms with van der Waals surface area (Å²) in [5, 5.41) is 0. The first-order chi connectivity index (χ1) is 9.31. The van der Waals surface area contributed by atoms with Crippen molar-refractivity contribution in [2.45, 2.75) is 40.5 Å². The molecular weight excluding hydrogens is 256 g/mol. The highest BCUT2D eigenvalue weighted by molar-refractivity contribution is 5.74. The second-order valence-corrected chi connectivity index (χ2v) is 5.32. The van der Waals surface area contributed by atoms with Crippen molar-refractivity contribution in [2.24, 2.45) is 5.92 Å². The second kappa shape index (κ2) is 7.08. The Bertz CT molecular complexity index is 491. The van der Waals surface area contributed by atoms with Crippen LogP contribution in [0.3, 0.4) is 0 Å². The molecule has 0 aliphatic heterocycles. The minimum Gasteiger partial charge on any atom is -0.465 e. The molecule has 1 aromatic carbocycles. The number of benzene rings is 1. The molecule has 110 valence electrons. The zero-order valence-corrected chi connectivity index (χ0v) is 12.7. The highest BCUT2D eigenvalue weighted by atomic mass is 16.5. The van der Waals surface area contributed by atoms with Gasteiger partial charge < -0.3 is 9.47 Å². The lowest BCUT2D eigenvalue weighted by molar-refractivity contribution is -0.141. The van der Waals surface area contributed by atoms with E-state index in [0.717, 1.165) is 11.1 Å². The van der Waals surface area contributed by atoms with Gasteiger partial charge in [-0.2, -0.15) is 0 Å². The summed E-state index contributed by atoms with van der Waals surface area (Å²) >= 11 is 0. The summed E-state index contributed by atoms with van der Waals surface area (Å²) in [7, 11) is 0. The molecular formula is C16H22O4. The van der Waals surface area contributed by atoms with E-state index in [2.05, 4.69) is 0 Å². The number of hydrogen-bond donors (Lipinski definition) is 0. The van der Waals surface area contributed by atoms with Crippen LogP contribution < -0.4 is 4.74 Å². The molecule has 0 aliphatic carbocycles. The van der Waals surface area contributed by atoms with Gasteiger partial charge in [0.2, 0.25) is 0 Å². The van der Waals surface area contributed by atoms with E-state index >= 15 is 0 Å². The highest BCUT2D eigenvalue weighted by Crippen LogP contribution is 2.28. The summed E-state index contributed by atoms with van der Waals surface area (Å²) in [6.07, 6.45) is 0. The van der Waals surface area contributed by atoms with Crippen molar-refractivity contribution in [3.63, 3.8) is 0 Å². The maximum atomic E-state index is 11.8. The zero-order valence-electron chi connectivity index (χ0n) is 12.7. The van der Waals surface area contributed by atoms with Crippen LogP contribution in [0.2, 0.25) is 0 Å². The minimum absolute atomic E-state index is 0.0329. The predicted molar refractivity (Wildman–Crippen MR) is 76.7 cm³/mol. The lowest BCUT2D eigenvalue weighted by Crippen LogP contribution is -2.17. The Labute approximate surface area is 120 Å². The third kappa shape index (κ3) is 4.68. The Hall–Kier alpha value is -1.84. The molecule has 1 rings (SSSR count). The van der Waals surface area contributed by atoms with Crippen LogP contribution in [-0.4, -0.2) is 18.5 Å². The van der Waals surface area contributed by atoms with E-state index in [9.17, 15) is 9.59 Å². The summed E-state index contributed by atoms with van der Waals surface area (Å²) in [4.78, 5) is 22.6. The van der Waals surface area contributed by atoms with Gasteiger partial charge in [-0.05, 0) is 18.6 Å². The fourth-order valence-corrected chi connectivity index (χ4v) is 1.70. The number of esters is 2. The van der Waals surface area contributed by atoms with E-state index in [-0.39, 0.29) is 30.4 Å². The number of carbonyl (C=O) groups is 2. The molecule has 4 heteroatoms. The summed E-state index contributed by atoms with van der Waals surface area (Å²) in [6, 6.07) is 5.69. The number of ether oxygens (including phenoxy) is 2. The van der Waals surface area contributed by atoms with Crippen LogP contribution in [0.15, 0.2) is 18.2 Å². The molecule has 1 atom stereocenters. The largest absolute Gasteiger partial charge is 0.465 e. The maximum absolute atomic E-state index is 11.8. The van der Waals surface area contributed by atoms with Crippen molar-refractivity contribution in [2.75, 3.05) is 6.61 Å². The van der Waals surface area contributed by atoms with E-state index in [0.29, 0.717) is 5.75 Å². The number of aryl methyl sites for hydroxylation is 1. The monoisotopic (exact) mass is 278 g/mol. The van der Waals surface area contributed by atoms with E-state index in [1.165, 1.54) is 6.92 Å². The number of hydrogen-bond acceptors (Lipinski definition) is 4. The van der Waals surface area contributed by atoms with E-state index < -0.39 is 0 Å². The average Bonchev–Trinajstić information content (AvgIpc) is 2.35. The molecule has 0 aliphatic rings. The fourth-order valence-electron chi connectivity index (χ4n) is 1.70. The first kappa shape index (κ1) is 16.2.